The first-order valence-corrected chi connectivity index (χ1v) is 14.9. The fraction of sp³-hybridized carbons (Fsp3) is 0.417. The van der Waals surface area contributed by atoms with Gasteiger partial charge in [-0.15, -0.1) is 12.3 Å². The van der Waals surface area contributed by atoms with Gasteiger partial charge in [-0.3, -0.25) is 0 Å². The van der Waals surface area contributed by atoms with Gasteiger partial charge in [0.2, 0.25) is 0 Å². The molecule has 0 unspecified atom stereocenters. The summed E-state index contributed by atoms with van der Waals surface area (Å²) in [5, 5.41) is 0. The molecule has 0 heterocycles. The Balaban J connectivity index is 1.76. The number of terminal acetylenes is 1. The number of ether oxygens (including phenoxy) is 3. The predicted octanol–water partition coefficient (Wildman–Crippen LogP) is 9.51. The maximum absolute atomic E-state index is 13.2. The maximum Gasteiger partial charge on any atom is 0.338 e. The molecule has 0 saturated heterocycles. The van der Waals surface area contributed by atoms with Crippen molar-refractivity contribution in [3.8, 4) is 46.1 Å². The summed E-state index contributed by atoms with van der Waals surface area (Å²) < 4.78 is 17.4. The van der Waals surface area contributed by atoms with Gasteiger partial charge in [0, 0.05) is 6.42 Å². The van der Waals surface area contributed by atoms with Gasteiger partial charge in [-0.1, -0.05) is 88.8 Å². The predicted molar refractivity (Wildman–Crippen MR) is 165 cm³/mol. The second kappa shape index (κ2) is 17.8. The van der Waals surface area contributed by atoms with Crippen molar-refractivity contribution in [1.29, 1.82) is 0 Å². The molecular weight excluding hydrogens is 496 g/mol. The van der Waals surface area contributed by atoms with Gasteiger partial charge < -0.3 is 14.2 Å². The highest BCUT2D eigenvalue weighted by Crippen LogP contribution is 2.31. The van der Waals surface area contributed by atoms with Crippen LogP contribution in [0.1, 0.15) is 88.4 Å². The monoisotopic (exact) mass is 540 g/mol. The average molecular weight is 541 g/mol. The number of hydrogen-bond acceptors (Lipinski definition) is 4. The summed E-state index contributed by atoms with van der Waals surface area (Å²) in [6.07, 6.45) is 16.0. The molecule has 0 aliphatic carbocycles. The van der Waals surface area contributed by atoms with E-state index < -0.39 is 0 Å². The van der Waals surface area contributed by atoms with E-state index in [2.05, 4.69) is 19.8 Å². The van der Waals surface area contributed by atoms with Crippen LogP contribution in [0.25, 0.3) is 22.3 Å². The quantitative estimate of drug-likeness (QED) is 0.0915. The number of esters is 1. The standard InChI is InChI=1S/C36H44O4/c1-4-7-10-13-25-38-32-20-15-29(16-21-32)31-19-24-34(35(28-31)36(37)40-27-12-9-6-3)30-17-22-33(23-18-30)39-26-14-11-8-5-2/h3,15-24,28H,4-5,7-14,25-27H2,1-2H3. The fourth-order valence-corrected chi connectivity index (χ4v) is 4.47. The van der Waals surface area contributed by atoms with Crippen LogP contribution in [-0.2, 0) is 4.74 Å². The van der Waals surface area contributed by atoms with Crippen molar-refractivity contribution in [3.05, 3.63) is 72.3 Å². The molecule has 0 radical (unpaired) electrons. The van der Waals surface area contributed by atoms with Crippen LogP contribution in [0.15, 0.2) is 66.7 Å². The number of unbranched alkanes of at least 4 members (excludes halogenated alkanes) is 7. The Morgan fingerprint density at radius 2 is 1.20 bits per heavy atom. The highest BCUT2D eigenvalue weighted by Gasteiger charge is 2.16. The zero-order valence-electron chi connectivity index (χ0n) is 24.3. The molecule has 0 aromatic heterocycles. The van der Waals surface area contributed by atoms with Crippen LogP contribution in [0, 0.1) is 12.3 Å². The van der Waals surface area contributed by atoms with Gasteiger partial charge in [0.1, 0.15) is 11.5 Å². The largest absolute Gasteiger partial charge is 0.494 e. The molecule has 0 saturated carbocycles. The van der Waals surface area contributed by atoms with Gasteiger partial charge in [-0.2, -0.15) is 0 Å². The first-order valence-electron chi connectivity index (χ1n) is 14.9. The Kier molecular flexibility index (Phi) is 13.7. The molecule has 0 fully saturated rings. The molecule has 4 nitrogen and oxygen atoms in total. The minimum absolute atomic E-state index is 0.293. The minimum Gasteiger partial charge on any atom is -0.494 e. The summed E-state index contributed by atoms with van der Waals surface area (Å²) in [7, 11) is 0. The van der Waals surface area contributed by atoms with E-state index in [1.807, 2.05) is 66.7 Å². The minimum atomic E-state index is -0.350. The van der Waals surface area contributed by atoms with Gasteiger partial charge in [0.25, 0.3) is 0 Å². The van der Waals surface area contributed by atoms with Crippen LogP contribution in [0.4, 0.5) is 0 Å². The summed E-state index contributed by atoms with van der Waals surface area (Å²) >= 11 is 0. The van der Waals surface area contributed by atoms with Crippen LogP contribution < -0.4 is 9.47 Å². The molecule has 3 aromatic rings. The third-order valence-corrected chi connectivity index (χ3v) is 6.82. The van der Waals surface area contributed by atoms with Crippen molar-refractivity contribution >= 4 is 5.97 Å². The fourth-order valence-electron chi connectivity index (χ4n) is 4.47. The Labute approximate surface area is 241 Å². The topological polar surface area (TPSA) is 44.8 Å². The lowest BCUT2D eigenvalue weighted by Gasteiger charge is -2.14. The van der Waals surface area contributed by atoms with Gasteiger partial charge in [-0.25, -0.2) is 4.79 Å². The van der Waals surface area contributed by atoms with Crippen molar-refractivity contribution in [2.75, 3.05) is 19.8 Å². The van der Waals surface area contributed by atoms with E-state index in [1.54, 1.807) is 0 Å². The van der Waals surface area contributed by atoms with Crippen LogP contribution in [0.2, 0.25) is 0 Å². The van der Waals surface area contributed by atoms with Gasteiger partial charge in [-0.05, 0) is 71.8 Å². The van der Waals surface area contributed by atoms with Crippen LogP contribution in [0.5, 0.6) is 11.5 Å². The summed E-state index contributed by atoms with van der Waals surface area (Å²) in [6.45, 7) is 6.15. The molecular formula is C36H44O4. The zero-order chi connectivity index (χ0) is 28.4. The Morgan fingerprint density at radius 1 is 0.650 bits per heavy atom. The van der Waals surface area contributed by atoms with E-state index in [4.69, 9.17) is 20.6 Å². The normalized spacial score (nSPS) is 10.6. The van der Waals surface area contributed by atoms with Crippen molar-refractivity contribution in [3.63, 3.8) is 0 Å². The summed E-state index contributed by atoms with van der Waals surface area (Å²) in [5.74, 6) is 3.94. The van der Waals surface area contributed by atoms with Crippen molar-refractivity contribution in [2.45, 2.75) is 78.1 Å². The second-order valence-electron chi connectivity index (χ2n) is 10.1. The van der Waals surface area contributed by atoms with E-state index in [0.29, 0.717) is 31.6 Å². The molecule has 3 rings (SSSR count). The number of carbonyl (C=O) groups excluding carboxylic acids is 1. The summed E-state index contributed by atoms with van der Waals surface area (Å²) in [4.78, 5) is 13.2. The molecule has 40 heavy (non-hydrogen) atoms. The summed E-state index contributed by atoms with van der Waals surface area (Å²) in [5.41, 5.74) is 4.25. The summed E-state index contributed by atoms with van der Waals surface area (Å²) in [6, 6.07) is 21.9. The highest BCUT2D eigenvalue weighted by atomic mass is 16.5. The lowest BCUT2D eigenvalue weighted by Crippen LogP contribution is -2.08. The molecule has 0 amide bonds. The van der Waals surface area contributed by atoms with E-state index in [0.717, 1.165) is 53.2 Å². The number of carbonyl (C=O) groups is 1. The maximum atomic E-state index is 13.2. The molecule has 3 aromatic carbocycles. The van der Waals surface area contributed by atoms with Gasteiger partial charge in [0.15, 0.2) is 0 Å². The molecule has 4 heteroatoms. The third-order valence-electron chi connectivity index (χ3n) is 6.82. The second-order valence-corrected chi connectivity index (χ2v) is 10.1. The Morgan fingerprint density at radius 3 is 1.75 bits per heavy atom. The number of hydrogen-bond donors (Lipinski definition) is 0. The van der Waals surface area contributed by atoms with E-state index >= 15 is 0 Å². The SMILES string of the molecule is C#CCCCOC(=O)c1cc(-c2ccc(OCCCCCC)cc2)ccc1-c1ccc(OCCCCCC)cc1. The molecule has 0 bridgehead atoms. The number of benzene rings is 3. The van der Waals surface area contributed by atoms with Gasteiger partial charge in [0.05, 0.1) is 25.4 Å². The molecule has 0 aliphatic rings. The molecule has 0 N–H and O–H groups in total. The molecule has 212 valence electrons. The van der Waals surface area contributed by atoms with Gasteiger partial charge >= 0.3 is 5.97 Å². The third kappa shape index (κ3) is 10.1. The first kappa shape index (κ1) is 30.8. The van der Waals surface area contributed by atoms with E-state index in [-0.39, 0.29) is 5.97 Å². The Bertz CT molecular complexity index is 1190. The van der Waals surface area contributed by atoms with Crippen LogP contribution in [0.3, 0.4) is 0 Å². The lowest BCUT2D eigenvalue weighted by atomic mass is 9.95. The zero-order valence-corrected chi connectivity index (χ0v) is 24.3. The highest BCUT2D eigenvalue weighted by molar-refractivity contribution is 5.99. The smallest absolute Gasteiger partial charge is 0.338 e. The molecule has 0 atom stereocenters. The average Bonchev–Trinajstić information content (AvgIpc) is 2.99. The van der Waals surface area contributed by atoms with Crippen molar-refractivity contribution in [1.82, 2.24) is 0 Å². The first-order chi connectivity index (χ1) is 19.7. The lowest BCUT2D eigenvalue weighted by molar-refractivity contribution is 0.0503. The van der Waals surface area contributed by atoms with Crippen molar-refractivity contribution in [2.24, 2.45) is 0 Å². The van der Waals surface area contributed by atoms with Crippen LogP contribution >= 0.6 is 0 Å². The number of rotatable bonds is 18. The van der Waals surface area contributed by atoms with Crippen molar-refractivity contribution < 1.29 is 19.0 Å². The molecule has 0 spiro atoms. The Hall–Kier alpha value is -3.71. The molecule has 0 aliphatic heterocycles. The van der Waals surface area contributed by atoms with Crippen LogP contribution in [-0.4, -0.2) is 25.8 Å². The van der Waals surface area contributed by atoms with E-state index in [9.17, 15) is 4.79 Å². The van der Waals surface area contributed by atoms with E-state index in [1.165, 1.54) is 38.5 Å².